The summed E-state index contributed by atoms with van der Waals surface area (Å²) in [5, 5.41) is 23.3. The van der Waals surface area contributed by atoms with E-state index in [-0.39, 0.29) is 33.6 Å². The van der Waals surface area contributed by atoms with Crippen molar-refractivity contribution in [3.63, 3.8) is 0 Å². The Morgan fingerprint density at radius 3 is 2.36 bits per heavy atom. The van der Waals surface area contributed by atoms with Crippen molar-refractivity contribution in [2.24, 2.45) is 0 Å². The third kappa shape index (κ3) is 5.58. The summed E-state index contributed by atoms with van der Waals surface area (Å²) in [6, 6.07) is 16.6. The molecule has 0 saturated heterocycles. The molecule has 0 aliphatic carbocycles. The molecule has 0 fully saturated rings. The molecule has 0 aliphatic heterocycles. The maximum absolute atomic E-state index is 12.5. The van der Waals surface area contributed by atoms with Crippen LogP contribution in [0.2, 0.25) is 10.0 Å². The molecular formula is C24H19Cl2N5OS. The van der Waals surface area contributed by atoms with Crippen molar-refractivity contribution in [1.82, 2.24) is 4.98 Å². The van der Waals surface area contributed by atoms with Crippen LogP contribution in [-0.2, 0) is 4.79 Å². The van der Waals surface area contributed by atoms with Gasteiger partial charge in [-0.25, -0.2) is 4.98 Å². The van der Waals surface area contributed by atoms with Gasteiger partial charge in [0.05, 0.1) is 22.0 Å². The number of carbonyl (C=O) groups excluding carboxylic acids is 1. The van der Waals surface area contributed by atoms with Gasteiger partial charge in [0, 0.05) is 10.6 Å². The molecule has 2 aromatic carbocycles. The second-order valence-corrected chi connectivity index (χ2v) is 9.20. The molecule has 0 atom stereocenters. The number of rotatable bonds is 6. The Kier molecular flexibility index (Phi) is 7.84. The van der Waals surface area contributed by atoms with Crippen LogP contribution in [0.5, 0.6) is 0 Å². The zero-order chi connectivity index (χ0) is 24.1. The second-order valence-electron chi connectivity index (χ2n) is 7.39. The van der Waals surface area contributed by atoms with Gasteiger partial charge in [0.1, 0.15) is 28.5 Å². The molecule has 0 unspecified atom stereocenters. The number of nitrogens with one attached hydrogen (secondary N) is 1. The largest absolute Gasteiger partial charge is 0.383 e. The van der Waals surface area contributed by atoms with Gasteiger partial charge in [-0.05, 0) is 35.2 Å². The van der Waals surface area contributed by atoms with Crippen molar-refractivity contribution >= 4 is 52.4 Å². The molecule has 0 bridgehead atoms. The van der Waals surface area contributed by atoms with Crippen LogP contribution in [0.15, 0.2) is 47.5 Å². The molecule has 0 saturated carbocycles. The van der Waals surface area contributed by atoms with E-state index in [4.69, 9.17) is 28.9 Å². The zero-order valence-electron chi connectivity index (χ0n) is 17.8. The highest BCUT2D eigenvalue weighted by molar-refractivity contribution is 8.00. The highest BCUT2D eigenvalue weighted by atomic mass is 35.5. The standard InChI is InChI=1S/C24H19Cl2N5OS/c1-13(2)14-3-5-15(6-4-14)22-17(10-27)23(29)31-24(18(22)11-28)33-12-21(32)30-20-8-7-16(25)9-19(20)26/h3-9,13H,12H2,1-2H3,(H2,29,31)(H,30,32). The van der Waals surface area contributed by atoms with E-state index >= 15 is 0 Å². The summed E-state index contributed by atoms with van der Waals surface area (Å²) in [5.74, 6) is -0.0486. The summed E-state index contributed by atoms with van der Waals surface area (Å²) < 4.78 is 0. The number of carbonyl (C=O) groups is 1. The van der Waals surface area contributed by atoms with Crippen molar-refractivity contribution in [3.8, 4) is 23.3 Å². The summed E-state index contributed by atoms with van der Waals surface area (Å²) >= 11 is 13.0. The van der Waals surface area contributed by atoms with Gasteiger partial charge in [0.15, 0.2) is 0 Å². The Bertz CT molecular complexity index is 1290. The number of benzene rings is 2. The number of pyridine rings is 1. The number of nitrogens with zero attached hydrogens (tertiary/aromatic N) is 3. The Hall–Kier alpha value is -3.23. The van der Waals surface area contributed by atoms with E-state index in [0.29, 0.717) is 32.8 Å². The van der Waals surface area contributed by atoms with Crippen LogP contribution < -0.4 is 11.1 Å². The van der Waals surface area contributed by atoms with Gasteiger partial charge >= 0.3 is 0 Å². The molecule has 0 radical (unpaired) electrons. The Balaban J connectivity index is 1.92. The summed E-state index contributed by atoms with van der Waals surface area (Å²) in [4.78, 5) is 16.7. The van der Waals surface area contributed by atoms with Crippen LogP contribution in [-0.4, -0.2) is 16.6 Å². The quantitative estimate of drug-likeness (QED) is 0.391. The first kappa shape index (κ1) is 24.4. The highest BCUT2D eigenvalue weighted by Gasteiger charge is 2.21. The minimum absolute atomic E-state index is 0.00286. The lowest BCUT2D eigenvalue weighted by molar-refractivity contribution is -0.113. The minimum Gasteiger partial charge on any atom is -0.383 e. The number of nitriles is 2. The van der Waals surface area contributed by atoms with E-state index in [1.54, 1.807) is 12.1 Å². The predicted octanol–water partition coefficient (Wildman–Crippen LogP) is 6.24. The molecule has 6 nitrogen and oxygen atoms in total. The first-order chi connectivity index (χ1) is 15.7. The fourth-order valence-corrected chi connectivity index (χ4v) is 4.39. The monoisotopic (exact) mass is 495 g/mol. The summed E-state index contributed by atoms with van der Waals surface area (Å²) in [5.41, 5.74) is 9.02. The summed E-state index contributed by atoms with van der Waals surface area (Å²) in [7, 11) is 0. The van der Waals surface area contributed by atoms with Crippen molar-refractivity contribution in [3.05, 3.63) is 69.2 Å². The lowest BCUT2D eigenvalue weighted by Gasteiger charge is -2.14. The molecule has 3 N–H and O–H groups in total. The smallest absolute Gasteiger partial charge is 0.234 e. The highest BCUT2D eigenvalue weighted by Crippen LogP contribution is 2.36. The van der Waals surface area contributed by atoms with Gasteiger partial charge in [-0.15, -0.1) is 0 Å². The Morgan fingerprint density at radius 1 is 1.12 bits per heavy atom. The third-order valence-electron chi connectivity index (χ3n) is 4.83. The molecule has 9 heteroatoms. The normalized spacial score (nSPS) is 10.5. The van der Waals surface area contributed by atoms with Crippen LogP contribution in [0.1, 0.15) is 36.5 Å². The molecule has 166 valence electrons. The lowest BCUT2D eigenvalue weighted by Crippen LogP contribution is -2.15. The minimum atomic E-state index is -0.347. The Labute approximate surface area is 206 Å². The number of thioether (sulfide) groups is 1. The molecule has 33 heavy (non-hydrogen) atoms. The van der Waals surface area contributed by atoms with E-state index in [9.17, 15) is 15.3 Å². The van der Waals surface area contributed by atoms with Gasteiger partial charge in [-0.1, -0.05) is 73.1 Å². The molecule has 0 aliphatic rings. The fourth-order valence-electron chi connectivity index (χ4n) is 3.14. The Morgan fingerprint density at radius 2 is 1.79 bits per heavy atom. The van der Waals surface area contributed by atoms with Crippen molar-refractivity contribution in [2.45, 2.75) is 24.8 Å². The number of aromatic nitrogens is 1. The average Bonchev–Trinajstić information content (AvgIpc) is 2.79. The topological polar surface area (TPSA) is 116 Å². The van der Waals surface area contributed by atoms with Crippen LogP contribution >= 0.6 is 35.0 Å². The van der Waals surface area contributed by atoms with Gasteiger partial charge in [0.2, 0.25) is 5.91 Å². The SMILES string of the molecule is CC(C)c1ccc(-c2c(C#N)c(N)nc(SCC(=O)Nc3ccc(Cl)cc3Cl)c2C#N)cc1. The fraction of sp³-hybridized carbons (Fsp3) is 0.167. The van der Waals surface area contributed by atoms with Crippen molar-refractivity contribution in [1.29, 1.82) is 10.5 Å². The first-order valence-corrected chi connectivity index (χ1v) is 11.6. The maximum Gasteiger partial charge on any atom is 0.234 e. The summed E-state index contributed by atoms with van der Waals surface area (Å²) in [6.45, 7) is 4.16. The molecule has 0 spiro atoms. The number of hydrogen-bond donors (Lipinski definition) is 2. The van der Waals surface area contributed by atoms with Gasteiger partial charge in [-0.2, -0.15) is 10.5 Å². The van der Waals surface area contributed by atoms with Gasteiger partial charge < -0.3 is 11.1 Å². The maximum atomic E-state index is 12.5. The van der Waals surface area contributed by atoms with E-state index < -0.39 is 0 Å². The number of nitrogen functional groups attached to an aromatic ring is 1. The van der Waals surface area contributed by atoms with Gasteiger partial charge in [0.25, 0.3) is 0 Å². The van der Waals surface area contributed by atoms with Crippen LogP contribution in [0.4, 0.5) is 11.5 Å². The molecule has 3 aromatic rings. The van der Waals surface area contributed by atoms with Crippen LogP contribution in [0, 0.1) is 22.7 Å². The molecular weight excluding hydrogens is 477 g/mol. The first-order valence-electron chi connectivity index (χ1n) is 9.86. The molecule has 1 aromatic heterocycles. The number of amides is 1. The van der Waals surface area contributed by atoms with E-state index in [2.05, 4.69) is 36.3 Å². The average molecular weight is 496 g/mol. The van der Waals surface area contributed by atoms with Crippen LogP contribution in [0.3, 0.4) is 0 Å². The van der Waals surface area contributed by atoms with Gasteiger partial charge in [-0.3, -0.25) is 4.79 Å². The number of anilines is 2. The number of halogens is 2. The predicted molar refractivity (Wildman–Crippen MR) is 133 cm³/mol. The van der Waals surface area contributed by atoms with Crippen molar-refractivity contribution < 1.29 is 4.79 Å². The van der Waals surface area contributed by atoms with Crippen molar-refractivity contribution in [2.75, 3.05) is 16.8 Å². The number of nitrogens with two attached hydrogens (primary N) is 1. The van der Waals surface area contributed by atoms with E-state index in [1.165, 1.54) is 6.07 Å². The van der Waals surface area contributed by atoms with E-state index in [1.807, 2.05) is 24.3 Å². The third-order valence-corrected chi connectivity index (χ3v) is 6.35. The van der Waals surface area contributed by atoms with E-state index in [0.717, 1.165) is 17.3 Å². The molecule has 1 heterocycles. The van der Waals surface area contributed by atoms with Crippen LogP contribution in [0.25, 0.3) is 11.1 Å². The molecule has 1 amide bonds. The lowest BCUT2D eigenvalue weighted by atomic mass is 9.94. The number of hydrogen-bond acceptors (Lipinski definition) is 6. The summed E-state index contributed by atoms with van der Waals surface area (Å²) in [6.07, 6.45) is 0. The second kappa shape index (κ2) is 10.6. The molecule has 3 rings (SSSR count). The zero-order valence-corrected chi connectivity index (χ0v) is 20.1.